The summed E-state index contributed by atoms with van der Waals surface area (Å²) in [5.74, 6) is 0. The van der Waals surface area contributed by atoms with Crippen molar-refractivity contribution < 1.29 is 9.53 Å². The molecule has 0 spiro atoms. The van der Waals surface area contributed by atoms with Gasteiger partial charge in [0.15, 0.2) is 0 Å². The molecule has 20 heavy (non-hydrogen) atoms. The molecule has 104 valence electrons. The van der Waals surface area contributed by atoms with Gasteiger partial charge in [-0.25, -0.2) is 4.79 Å². The van der Waals surface area contributed by atoms with Gasteiger partial charge in [-0.3, -0.25) is 5.32 Å². The number of carbonyl (C=O) groups is 1. The van der Waals surface area contributed by atoms with E-state index in [1.54, 1.807) is 6.07 Å². The molecule has 0 saturated heterocycles. The van der Waals surface area contributed by atoms with Crippen molar-refractivity contribution in [2.24, 2.45) is 0 Å². The third-order valence-corrected chi connectivity index (χ3v) is 4.26. The maximum absolute atomic E-state index is 11.7. The Kier molecular flexibility index (Phi) is 6.11. The second kappa shape index (κ2) is 8.09. The lowest BCUT2D eigenvalue weighted by Gasteiger charge is -2.07. The number of nitrogens with one attached hydrogen (secondary N) is 1. The van der Waals surface area contributed by atoms with E-state index in [2.05, 4.69) is 5.32 Å². The standard InChI is InChI=1S/C14H12ClNO2S2/c15-20-19-13-8-4-7-12(9-13)16-14(17)18-10-11-5-2-1-3-6-11/h1-9H,10H2,(H,16,17). The maximum atomic E-state index is 11.7. The minimum absolute atomic E-state index is 0.249. The fraction of sp³-hybridized carbons (Fsp3) is 0.0714. The fourth-order valence-electron chi connectivity index (χ4n) is 1.54. The summed E-state index contributed by atoms with van der Waals surface area (Å²) in [6.45, 7) is 0.249. The van der Waals surface area contributed by atoms with Gasteiger partial charge in [0.1, 0.15) is 6.61 Å². The van der Waals surface area contributed by atoms with Crippen molar-refractivity contribution in [1.82, 2.24) is 0 Å². The third-order valence-electron chi connectivity index (χ3n) is 2.42. The van der Waals surface area contributed by atoms with Crippen LogP contribution in [0.4, 0.5) is 10.5 Å². The minimum atomic E-state index is -0.477. The van der Waals surface area contributed by atoms with Crippen LogP contribution in [0.5, 0.6) is 0 Å². The van der Waals surface area contributed by atoms with Crippen LogP contribution in [0.1, 0.15) is 5.56 Å². The molecule has 0 saturated carbocycles. The smallest absolute Gasteiger partial charge is 0.411 e. The van der Waals surface area contributed by atoms with Gasteiger partial charge >= 0.3 is 6.09 Å². The van der Waals surface area contributed by atoms with Crippen molar-refractivity contribution in [2.75, 3.05) is 5.32 Å². The molecule has 6 heteroatoms. The molecule has 0 radical (unpaired) electrons. The Morgan fingerprint density at radius 3 is 2.70 bits per heavy atom. The quantitative estimate of drug-likeness (QED) is 0.754. The zero-order chi connectivity index (χ0) is 14.2. The molecule has 0 aliphatic carbocycles. The molecule has 0 bridgehead atoms. The Bertz CT molecular complexity index is 566. The van der Waals surface area contributed by atoms with Crippen molar-refractivity contribution >= 4 is 43.3 Å². The van der Waals surface area contributed by atoms with Crippen LogP contribution in [0.25, 0.3) is 0 Å². The lowest BCUT2D eigenvalue weighted by Crippen LogP contribution is -2.13. The normalized spacial score (nSPS) is 10.1. The SMILES string of the molecule is O=C(Nc1cccc(SSCl)c1)OCc1ccccc1. The Hall–Kier alpha value is -1.30. The van der Waals surface area contributed by atoms with Gasteiger partial charge in [-0.2, -0.15) is 0 Å². The lowest BCUT2D eigenvalue weighted by molar-refractivity contribution is 0.155. The summed E-state index contributed by atoms with van der Waals surface area (Å²) in [4.78, 5) is 12.6. The van der Waals surface area contributed by atoms with Crippen LogP contribution in [0.3, 0.4) is 0 Å². The summed E-state index contributed by atoms with van der Waals surface area (Å²) >= 11 is 0. The maximum Gasteiger partial charge on any atom is 0.411 e. The molecule has 0 aliphatic heterocycles. The molecule has 2 aromatic carbocycles. The Balaban J connectivity index is 1.86. The van der Waals surface area contributed by atoms with Crippen molar-refractivity contribution in [2.45, 2.75) is 11.5 Å². The zero-order valence-corrected chi connectivity index (χ0v) is 12.8. The second-order valence-electron chi connectivity index (χ2n) is 3.86. The first-order valence-electron chi connectivity index (χ1n) is 5.81. The van der Waals surface area contributed by atoms with E-state index in [0.29, 0.717) is 5.69 Å². The van der Waals surface area contributed by atoms with Crippen molar-refractivity contribution in [3.05, 3.63) is 60.2 Å². The molecule has 0 aromatic heterocycles. The molecule has 3 nitrogen and oxygen atoms in total. The van der Waals surface area contributed by atoms with Crippen LogP contribution >= 0.6 is 31.5 Å². The highest BCUT2D eigenvalue weighted by molar-refractivity contribution is 8.85. The van der Waals surface area contributed by atoms with Gasteiger partial charge in [0.25, 0.3) is 0 Å². The molecule has 0 aliphatic rings. The highest BCUT2D eigenvalue weighted by Gasteiger charge is 2.04. The van der Waals surface area contributed by atoms with Gasteiger partial charge in [0.2, 0.25) is 0 Å². The average molecular weight is 326 g/mol. The van der Waals surface area contributed by atoms with Crippen LogP contribution in [0, 0.1) is 0 Å². The van der Waals surface area contributed by atoms with Crippen LogP contribution in [0.2, 0.25) is 0 Å². The summed E-state index contributed by atoms with van der Waals surface area (Å²) in [7, 11) is 8.13. The predicted molar refractivity (Wildman–Crippen MR) is 86.0 cm³/mol. The van der Waals surface area contributed by atoms with E-state index in [1.165, 1.54) is 10.8 Å². The van der Waals surface area contributed by atoms with E-state index in [0.717, 1.165) is 20.5 Å². The van der Waals surface area contributed by atoms with E-state index in [1.807, 2.05) is 48.5 Å². The van der Waals surface area contributed by atoms with Gasteiger partial charge < -0.3 is 4.74 Å². The van der Waals surface area contributed by atoms with Gasteiger partial charge in [0.05, 0.1) is 0 Å². The summed E-state index contributed by atoms with van der Waals surface area (Å²) in [6.07, 6.45) is -0.477. The summed E-state index contributed by atoms with van der Waals surface area (Å²) in [5, 5.41) is 2.68. The predicted octanol–water partition coefficient (Wildman–Crippen LogP) is 5.33. The van der Waals surface area contributed by atoms with Crippen molar-refractivity contribution in [3.63, 3.8) is 0 Å². The molecule has 0 unspecified atom stereocenters. The second-order valence-corrected chi connectivity index (χ2v) is 6.64. The van der Waals surface area contributed by atoms with Crippen LogP contribution in [0.15, 0.2) is 59.5 Å². The fourth-order valence-corrected chi connectivity index (χ4v) is 3.10. The van der Waals surface area contributed by atoms with Gasteiger partial charge in [0, 0.05) is 20.6 Å². The van der Waals surface area contributed by atoms with E-state index >= 15 is 0 Å². The van der Waals surface area contributed by atoms with E-state index < -0.39 is 6.09 Å². The van der Waals surface area contributed by atoms with Crippen LogP contribution in [-0.4, -0.2) is 6.09 Å². The molecule has 2 rings (SSSR count). The number of halogens is 1. The minimum Gasteiger partial charge on any atom is -0.444 e. The number of hydrogen-bond donors (Lipinski definition) is 1. The Morgan fingerprint density at radius 2 is 1.95 bits per heavy atom. The summed E-state index contributed by atoms with van der Waals surface area (Å²) in [5.41, 5.74) is 1.63. The average Bonchev–Trinajstić information content (AvgIpc) is 2.47. The first-order chi connectivity index (χ1) is 9.78. The first-order valence-corrected chi connectivity index (χ1v) is 8.78. The van der Waals surface area contributed by atoms with Gasteiger partial charge in [-0.05, 0) is 45.2 Å². The van der Waals surface area contributed by atoms with Crippen LogP contribution < -0.4 is 5.32 Å². The number of hydrogen-bond acceptors (Lipinski definition) is 4. The third kappa shape index (κ3) is 5.00. The van der Waals surface area contributed by atoms with E-state index in [4.69, 9.17) is 15.4 Å². The Morgan fingerprint density at radius 1 is 1.15 bits per heavy atom. The number of benzene rings is 2. The summed E-state index contributed by atoms with van der Waals surface area (Å²) in [6, 6.07) is 16.9. The van der Waals surface area contributed by atoms with Gasteiger partial charge in [-0.15, -0.1) is 0 Å². The molecule has 1 N–H and O–H groups in total. The molecular weight excluding hydrogens is 314 g/mol. The molecular formula is C14H12ClNO2S2. The van der Waals surface area contributed by atoms with Crippen molar-refractivity contribution in [3.8, 4) is 0 Å². The number of carbonyl (C=O) groups excluding carboxylic acids is 1. The summed E-state index contributed by atoms with van der Waals surface area (Å²) < 4.78 is 5.14. The van der Waals surface area contributed by atoms with Crippen molar-refractivity contribution in [1.29, 1.82) is 0 Å². The molecule has 0 heterocycles. The molecule has 1 amide bonds. The number of amides is 1. The van der Waals surface area contributed by atoms with E-state index in [9.17, 15) is 4.79 Å². The lowest BCUT2D eigenvalue weighted by atomic mass is 10.2. The molecule has 0 fully saturated rings. The molecule has 0 atom stereocenters. The number of rotatable bonds is 5. The van der Waals surface area contributed by atoms with Crippen LogP contribution in [-0.2, 0) is 11.3 Å². The number of anilines is 1. The van der Waals surface area contributed by atoms with Gasteiger partial charge in [-0.1, -0.05) is 36.4 Å². The largest absolute Gasteiger partial charge is 0.444 e. The molecule has 2 aromatic rings. The first kappa shape index (κ1) is 15.1. The highest BCUT2D eigenvalue weighted by Crippen LogP contribution is 2.34. The van der Waals surface area contributed by atoms with E-state index in [-0.39, 0.29) is 6.61 Å². The monoisotopic (exact) mass is 325 g/mol. The highest BCUT2D eigenvalue weighted by atomic mass is 35.7. The zero-order valence-electron chi connectivity index (χ0n) is 10.4. The Labute approximate surface area is 129 Å². The number of ether oxygens (including phenoxy) is 1. The topological polar surface area (TPSA) is 38.3 Å².